The maximum atomic E-state index is 12.4. The van der Waals surface area contributed by atoms with E-state index in [0.29, 0.717) is 0 Å². The number of pyridine rings is 1. The third kappa shape index (κ3) is 2.65. The lowest BCUT2D eigenvalue weighted by Gasteiger charge is -2.39. The Labute approximate surface area is 135 Å². The number of nitrogens with one attached hydrogen (secondary N) is 1. The number of amides is 1. The summed E-state index contributed by atoms with van der Waals surface area (Å²) in [6, 6.07) is 5.71. The molecule has 2 aromatic heterocycles. The molecular weight excluding hydrogens is 290 g/mol. The van der Waals surface area contributed by atoms with E-state index in [2.05, 4.69) is 25.2 Å². The number of nitrogens with zero attached hydrogens (tertiary/aromatic N) is 4. The lowest BCUT2D eigenvalue weighted by molar-refractivity contribution is -0.121. The molecule has 0 saturated carbocycles. The van der Waals surface area contributed by atoms with E-state index in [4.69, 9.17) is 0 Å². The highest BCUT2D eigenvalue weighted by Gasteiger charge is 2.46. The molecule has 4 rings (SSSR count). The minimum atomic E-state index is -0.0870. The first-order valence-electron chi connectivity index (χ1n) is 8.00. The Morgan fingerprint density at radius 1 is 1.09 bits per heavy atom. The third-order valence-corrected chi connectivity index (χ3v) is 4.96. The van der Waals surface area contributed by atoms with Gasteiger partial charge in [0.25, 0.3) is 0 Å². The summed E-state index contributed by atoms with van der Waals surface area (Å²) in [5.74, 6) is 0.857. The molecule has 2 aliphatic heterocycles. The van der Waals surface area contributed by atoms with Gasteiger partial charge in [0.15, 0.2) is 0 Å². The predicted octanol–water partition coefficient (Wildman–Crippen LogP) is 1.51. The van der Waals surface area contributed by atoms with Crippen molar-refractivity contribution >= 4 is 11.9 Å². The van der Waals surface area contributed by atoms with Crippen LogP contribution in [-0.2, 0) is 4.79 Å². The average molecular weight is 309 g/mol. The van der Waals surface area contributed by atoms with E-state index >= 15 is 0 Å². The zero-order valence-corrected chi connectivity index (χ0v) is 12.9. The molecular formula is C17H19N5O. The molecule has 0 aliphatic carbocycles. The topological polar surface area (TPSA) is 71.0 Å². The molecule has 2 aliphatic rings. The van der Waals surface area contributed by atoms with E-state index in [-0.39, 0.29) is 17.4 Å². The predicted molar refractivity (Wildman–Crippen MR) is 85.9 cm³/mol. The Balaban J connectivity index is 1.47. The highest BCUT2D eigenvalue weighted by Crippen LogP contribution is 2.39. The van der Waals surface area contributed by atoms with E-state index in [1.54, 1.807) is 24.8 Å². The molecule has 1 atom stereocenters. The Morgan fingerprint density at radius 3 is 2.48 bits per heavy atom. The van der Waals surface area contributed by atoms with E-state index in [1.165, 1.54) is 0 Å². The number of rotatable bonds is 2. The van der Waals surface area contributed by atoms with Crippen LogP contribution in [-0.4, -0.2) is 39.5 Å². The minimum absolute atomic E-state index is 0.0578. The van der Waals surface area contributed by atoms with Gasteiger partial charge in [-0.15, -0.1) is 0 Å². The lowest BCUT2D eigenvalue weighted by atomic mass is 9.82. The van der Waals surface area contributed by atoms with E-state index in [9.17, 15) is 4.79 Å². The SMILES string of the molecule is O=C1NC2(CCN(c3ncccn3)CC2)C[C@H]1c1ccncc1. The molecule has 1 N–H and O–H groups in total. The standard InChI is InChI=1S/C17H19N5O/c23-15-14(13-2-8-18-9-3-13)12-17(21-15)4-10-22(11-5-17)16-19-6-1-7-20-16/h1-3,6-9,14H,4-5,10-12H2,(H,21,23)/t14-/m0/s1. The molecule has 6 nitrogen and oxygen atoms in total. The maximum Gasteiger partial charge on any atom is 0.228 e. The van der Waals surface area contributed by atoms with Crippen molar-refractivity contribution in [1.29, 1.82) is 0 Å². The normalized spacial score (nSPS) is 23.0. The molecule has 0 aromatic carbocycles. The van der Waals surface area contributed by atoms with E-state index in [1.807, 2.05) is 18.2 Å². The van der Waals surface area contributed by atoms with Crippen molar-refractivity contribution in [2.24, 2.45) is 0 Å². The highest BCUT2D eigenvalue weighted by atomic mass is 16.2. The van der Waals surface area contributed by atoms with Crippen LogP contribution in [0.15, 0.2) is 43.0 Å². The number of carbonyl (C=O) groups excluding carboxylic acids is 1. The average Bonchev–Trinajstić information content (AvgIpc) is 2.93. The first-order valence-corrected chi connectivity index (χ1v) is 8.00. The van der Waals surface area contributed by atoms with Crippen LogP contribution in [0.25, 0.3) is 0 Å². The van der Waals surface area contributed by atoms with Gasteiger partial charge in [0.05, 0.1) is 5.92 Å². The van der Waals surface area contributed by atoms with Gasteiger partial charge < -0.3 is 10.2 Å². The summed E-state index contributed by atoms with van der Waals surface area (Å²) in [6.07, 6.45) is 9.76. The van der Waals surface area contributed by atoms with Crippen molar-refractivity contribution in [2.75, 3.05) is 18.0 Å². The van der Waals surface area contributed by atoms with Crippen molar-refractivity contribution in [3.8, 4) is 0 Å². The number of hydrogen-bond acceptors (Lipinski definition) is 5. The van der Waals surface area contributed by atoms with Crippen LogP contribution in [0.4, 0.5) is 5.95 Å². The van der Waals surface area contributed by atoms with Gasteiger partial charge >= 0.3 is 0 Å². The zero-order chi connectivity index (χ0) is 15.7. The second-order valence-electron chi connectivity index (χ2n) is 6.34. The molecule has 0 radical (unpaired) electrons. The Bertz CT molecular complexity index is 683. The molecule has 1 spiro atoms. The highest BCUT2D eigenvalue weighted by molar-refractivity contribution is 5.87. The molecule has 4 heterocycles. The van der Waals surface area contributed by atoms with Crippen LogP contribution in [0, 0.1) is 0 Å². The fourth-order valence-electron chi connectivity index (χ4n) is 3.67. The smallest absolute Gasteiger partial charge is 0.228 e. The van der Waals surface area contributed by atoms with E-state index in [0.717, 1.165) is 43.9 Å². The molecule has 23 heavy (non-hydrogen) atoms. The van der Waals surface area contributed by atoms with Gasteiger partial charge in [-0.05, 0) is 43.0 Å². The quantitative estimate of drug-likeness (QED) is 0.910. The van der Waals surface area contributed by atoms with Crippen LogP contribution in [0.2, 0.25) is 0 Å². The van der Waals surface area contributed by atoms with Crippen molar-refractivity contribution < 1.29 is 4.79 Å². The Hall–Kier alpha value is -2.50. The van der Waals surface area contributed by atoms with Crippen molar-refractivity contribution in [2.45, 2.75) is 30.7 Å². The van der Waals surface area contributed by atoms with E-state index < -0.39 is 0 Å². The number of aromatic nitrogens is 3. The number of carbonyl (C=O) groups is 1. The summed E-state index contributed by atoms with van der Waals surface area (Å²) >= 11 is 0. The number of piperidine rings is 1. The van der Waals surface area contributed by atoms with Crippen LogP contribution < -0.4 is 10.2 Å². The van der Waals surface area contributed by atoms with Crippen LogP contribution >= 0.6 is 0 Å². The van der Waals surface area contributed by atoms with Crippen LogP contribution in [0.3, 0.4) is 0 Å². The second kappa shape index (κ2) is 5.61. The van der Waals surface area contributed by atoms with Gasteiger partial charge in [0, 0.05) is 43.4 Å². The Morgan fingerprint density at radius 2 is 1.78 bits per heavy atom. The van der Waals surface area contributed by atoms with Gasteiger partial charge in [-0.1, -0.05) is 0 Å². The van der Waals surface area contributed by atoms with Crippen molar-refractivity contribution in [3.63, 3.8) is 0 Å². The van der Waals surface area contributed by atoms with Gasteiger partial charge in [-0.3, -0.25) is 9.78 Å². The molecule has 1 amide bonds. The fourth-order valence-corrected chi connectivity index (χ4v) is 3.67. The van der Waals surface area contributed by atoms with Crippen LogP contribution in [0.1, 0.15) is 30.7 Å². The summed E-state index contributed by atoms with van der Waals surface area (Å²) in [5.41, 5.74) is 0.972. The molecule has 2 saturated heterocycles. The molecule has 2 aromatic rings. The molecule has 0 unspecified atom stereocenters. The van der Waals surface area contributed by atoms with Crippen molar-refractivity contribution in [1.82, 2.24) is 20.3 Å². The van der Waals surface area contributed by atoms with Gasteiger partial charge in [-0.2, -0.15) is 0 Å². The number of hydrogen-bond donors (Lipinski definition) is 1. The molecule has 6 heteroatoms. The minimum Gasteiger partial charge on any atom is -0.350 e. The summed E-state index contributed by atoms with van der Waals surface area (Å²) in [5, 5.41) is 3.26. The first kappa shape index (κ1) is 14.1. The third-order valence-electron chi connectivity index (χ3n) is 4.96. The van der Waals surface area contributed by atoms with Gasteiger partial charge in [0.1, 0.15) is 0 Å². The summed E-state index contributed by atoms with van der Waals surface area (Å²) < 4.78 is 0. The van der Waals surface area contributed by atoms with Gasteiger partial charge in [-0.25, -0.2) is 9.97 Å². The second-order valence-corrected chi connectivity index (χ2v) is 6.34. The Kier molecular flexibility index (Phi) is 3.44. The largest absolute Gasteiger partial charge is 0.350 e. The van der Waals surface area contributed by atoms with Crippen LogP contribution in [0.5, 0.6) is 0 Å². The first-order chi connectivity index (χ1) is 11.3. The molecule has 2 fully saturated rings. The molecule has 118 valence electrons. The summed E-state index contributed by atoms with van der Waals surface area (Å²) in [4.78, 5) is 27.3. The van der Waals surface area contributed by atoms with Gasteiger partial charge in [0.2, 0.25) is 11.9 Å². The van der Waals surface area contributed by atoms with Crippen molar-refractivity contribution in [3.05, 3.63) is 48.5 Å². The maximum absolute atomic E-state index is 12.4. The lowest BCUT2D eigenvalue weighted by Crippen LogP contribution is -2.51. The number of anilines is 1. The monoisotopic (exact) mass is 309 g/mol. The zero-order valence-electron chi connectivity index (χ0n) is 12.9. The summed E-state index contributed by atoms with van der Waals surface area (Å²) in [6.45, 7) is 1.74. The molecule has 0 bridgehead atoms. The fraction of sp³-hybridized carbons (Fsp3) is 0.412. The summed E-state index contributed by atoms with van der Waals surface area (Å²) in [7, 11) is 0.